The Balaban J connectivity index is 1.87. The van der Waals surface area contributed by atoms with Gasteiger partial charge >= 0.3 is 0 Å². The highest BCUT2D eigenvalue weighted by Crippen LogP contribution is 2.12. The predicted octanol–water partition coefficient (Wildman–Crippen LogP) is 2.03. The number of amides is 1. The molecule has 0 aliphatic carbocycles. The number of rotatable bonds is 5. The number of hydrogen-bond donors (Lipinski definition) is 1. The second-order valence-corrected chi connectivity index (χ2v) is 5.39. The Bertz CT molecular complexity index is 389. The summed E-state index contributed by atoms with van der Waals surface area (Å²) in [6, 6.07) is 10.1. The molecule has 1 aliphatic heterocycles. The molecule has 1 unspecified atom stereocenters. The van der Waals surface area contributed by atoms with E-state index in [4.69, 9.17) is 0 Å². The molecule has 1 N–H and O–H groups in total. The van der Waals surface area contributed by atoms with Crippen molar-refractivity contribution >= 4 is 5.91 Å². The van der Waals surface area contributed by atoms with Crippen LogP contribution in [-0.2, 0) is 11.2 Å². The third-order valence-corrected chi connectivity index (χ3v) is 3.40. The zero-order valence-electron chi connectivity index (χ0n) is 11.2. The van der Waals surface area contributed by atoms with Gasteiger partial charge in [0, 0.05) is 6.54 Å². The first-order chi connectivity index (χ1) is 8.66. The first-order valence-electron chi connectivity index (χ1n) is 6.73. The SMILES string of the molecule is CC(C)CCN1CNC(Cc2ccccc2)C1=O. The smallest absolute Gasteiger partial charge is 0.241 e. The van der Waals surface area contributed by atoms with Crippen molar-refractivity contribution in [2.45, 2.75) is 32.7 Å². The third kappa shape index (κ3) is 3.33. The third-order valence-electron chi connectivity index (χ3n) is 3.40. The highest BCUT2D eigenvalue weighted by molar-refractivity contribution is 5.84. The Morgan fingerprint density at radius 1 is 1.33 bits per heavy atom. The number of benzene rings is 1. The van der Waals surface area contributed by atoms with Gasteiger partial charge in [0.1, 0.15) is 0 Å². The van der Waals surface area contributed by atoms with Crippen LogP contribution in [0.4, 0.5) is 0 Å². The number of nitrogens with one attached hydrogen (secondary N) is 1. The van der Waals surface area contributed by atoms with Crippen LogP contribution in [0.5, 0.6) is 0 Å². The van der Waals surface area contributed by atoms with Crippen molar-refractivity contribution in [3.63, 3.8) is 0 Å². The first-order valence-corrected chi connectivity index (χ1v) is 6.73. The molecule has 0 aromatic heterocycles. The molecule has 1 aromatic rings. The Hall–Kier alpha value is -1.35. The molecule has 1 atom stereocenters. The molecule has 1 aromatic carbocycles. The molecule has 1 heterocycles. The molecule has 98 valence electrons. The summed E-state index contributed by atoms with van der Waals surface area (Å²) in [5.41, 5.74) is 1.22. The maximum absolute atomic E-state index is 12.2. The van der Waals surface area contributed by atoms with Gasteiger partial charge in [0.05, 0.1) is 12.7 Å². The zero-order valence-corrected chi connectivity index (χ0v) is 11.2. The number of carbonyl (C=O) groups excluding carboxylic acids is 1. The van der Waals surface area contributed by atoms with Crippen LogP contribution in [0.25, 0.3) is 0 Å². The van der Waals surface area contributed by atoms with Crippen molar-refractivity contribution in [2.24, 2.45) is 5.92 Å². The molecule has 18 heavy (non-hydrogen) atoms. The molecule has 0 radical (unpaired) electrons. The monoisotopic (exact) mass is 246 g/mol. The summed E-state index contributed by atoms with van der Waals surface area (Å²) in [4.78, 5) is 14.1. The number of carbonyl (C=O) groups is 1. The van der Waals surface area contributed by atoms with Gasteiger partial charge in [-0.1, -0.05) is 44.2 Å². The first kappa shape index (κ1) is 13.1. The normalized spacial score (nSPS) is 19.8. The standard InChI is InChI=1S/C15H22N2O/c1-12(2)8-9-17-11-16-14(15(17)18)10-13-6-4-3-5-7-13/h3-7,12,14,16H,8-11H2,1-2H3. The van der Waals surface area contributed by atoms with E-state index < -0.39 is 0 Å². The van der Waals surface area contributed by atoms with Crippen LogP contribution in [0.2, 0.25) is 0 Å². The van der Waals surface area contributed by atoms with Gasteiger partial charge in [-0.15, -0.1) is 0 Å². The Morgan fingerprint density at radius 2 is 2.06 bits per heavy atom. The summed E-state index contributed by atoms with van der Waals surface area (Å²) in [7, 11) is 0. The second kappa shape index (κ2) is 6.01. The summed E-state index contributed by atoms with van der Waals surface area (Å²) in [5, 5.41) is 3.31. The maximum Gasteiger partial charge on any atom is 0.241 e. The lowest BCUT2D eigenvalue weighted by Gasteiger charge is -2.16. The molecule has 3 nitrogen and oxygen atoms in total. The summed E-state index contributed by atoms with van der Waals surface area (Å²) >= 11 is 0. The van der Waals surface area contributed by atoms with Gasteiger partial charge < -0.3 is 4.90 Å². The Kier molecular flexibility index (Phi) is 4.37. The second-order valence-electron chi connectivity index (χ2n) is 5.39. The average Bonchev–Trinajstić information content (AvgIpc) is 2.70. The lowest BCUT2D eigenvalue weighted by molar-refractivity contribution is -0.129. The molecule has 1 aliphatic rings. The topological polar surface area (TPSA) is 32.3 Å². The van der Waals surface area contributed by atoms with E-state index in [1.807, 2.05) is 23.1 Å². The van der Waals surface area contributed by atoms with Gasteiger partial charge in [-0.05, 0) is 24.3 Å². The molecule has 1 fully saturated rings. The van der Waals surface area contributed by atoms with E-state index in [0.717, 1.165) is 19.4 Å². The van der Waals surface area contributed by atoms with Gasteiger partial charge in [0.15, 0.2) is 0 Å². The van der Waals surface area contributed by atoms with Crippen LogP contribution in [0.15, 0.2) is 30.3 Å². The minimum Gasteiger partial charge on any atom is -0.329 e. The summed E-state index contributed by atoms with van der Waals surface area (Å²) in [5.74, 6) is 0.894. The molecule has 0 bridgehead atoms. The minimum atomic E-state index is -0.0421. The van der Waals surface area contributed by atoms with Crippen LogP contribution in [-0.4, -0.2) is 30.1 Å². The Labute approximate surface area is 109 Å². The molecule has 2 rings (SSSR count). The molecule has 0 saturated carbocycles. The van der Waals surface area contributed by atoms with Gasteiger partial charge in [0.2, 0.25) is 5.91 Å². The summed E-state index contributed by atoms with van der Waals surface area (Å²) < 4.78 is 0. The van der Waals surface area contributed by atoms with Crippen LogP contribution in [0.3, 0.4) is 0 Å². The zero-order chi connectivity index (χ0) is 13.0. The minimum absolute atomic E-state index is 0.0421. The molecule has 3 heteroatoms. The quantitative estimate of drug-likeness (QED) is 0.862. The highest BCUT2D eigenvalue weighted by Gasteiger charge is 2.30. The fourth-order valence-electron chi connectivity index (χ4n) is 2.22. The van der Waals surface area contributed by atoms with Gasteiger partial charge in [0.25, 0.3) is 0 Å². The Morgan fingerprint density at radius 3 is 2.72 bits per heavy atom. The van der Waals surface area contributed by atoms with E-state index in [9.17, 15) is 4.79 Å². The lowest BCUT2D eigenvalue weighted by atomic mass is 10.1. The number of nitrogens with zero attached hydrogens (tertiary/aromatic N) is 1. The molecule has 0 spiro atoms. The van der Waals surface area contributed by atoms with E-state index in [0.29, 0.717) is 12.6 Å². The molecular formula is C15H22N2O. The van der Waals surface area contributed by atoms with Crippen LogP contribution < -0.4 is 5.32 Å². The fraction of sp³-hybridized carbons (Fsp3) is 0.533. The van der Waals surface area contributed by atoms with Crippen LogP contribution >= 0.6 is 0 Å². The van der Waals surface area contributed by atoms with E-state index >= 15 is 0 Å². The van der Waals surface area contributed by atoms with Crippen molar-refractivity contribution < 1.29 is 4.79 Å². The van der Waals surface area contributed by atoms with E-state index in [-0.39, 0.29) is 11.9 Å². The van der Waals surface area contributed by atoms with E-state index in [1.54, 1.807) is 0 Å². The fourth-order valence-corrected chi connectivity index (χ4v) is 2.22. The van der Waals surface area contributed by atoms with E-state index in [1.165, 1.54) is 5.56 Å². The van der Waals surface area contributed by atoms with Gasteiger partial charge in [-0.25, -0.2) is 0 Å². The van der Waals surface area contributed by atoms with Crippen LogP contribution in [0, 0.1) is 5.92 Å². The summed E-state index contributed by atoms with van der Waals surface area (Å²) in [6.07, 6.45) is 1.86. The van der Waals surface area contributed by atoms with Crippen molar-refractivity contribution in [2.75, 3.05) is 13.2 Å². The maximum atomic E-state index is 12.2. The number of hydrogen-bond acceptors (Lipinski definition) is 2. The van der Waals surface area contributed by atoms with Crippen molar-refractivity contribution in [1.82, 2.24) is 10.2 Å². The van der Waals surface area contributed by atoms with Crippen molar-refractivity contribution in [3.8, 4) is 0 Å². The highest BCUT2D eigenvalue weighted by atomic mass is 16.2. The van der Waals surface area contributed by atoms with Gasteiger partial charge in [-0.3, -0.25) is 10.1 Å². The van der Waals surface area contributed by atoms with Crippen molar-refractivity contribution in [3.05, 3.63) is 35.9 Å². The van der Waals surface area contributed by atoms with Crippen molar-refractivity contribution in [1.29, 1.82) is 0 Å². The largest absolute Gasteiger partial charge is 0.329 e. The molecular weight excluding hydrogens is 224 g/mol. The average molecular weight is 246 g/mol. The molecule has 1 saturated heterocycles. The van der Waals surface area contributed by atoms with Crippen LogP contribution in [0.1, 0.15) is 25.8 Å². The predicted molar refractivity (Wildman–Crippen MR) is 73.1 cm³/mol. The van der Waals surface area contributed by atoms with E-state index in [2.05, 4.69) is 31.3 Å². The van der Waals surface area contributed by atoms with Gasteiger partial charge in [-0.2, -0.15) is 0 Å². The summed E-state index contributed by atoms with van der Waals surface area (Å²) in [6.45, 7) is 5.95. The molecule has 1 amide bonds. The lowest BCUT2D eigenvalue weighted by Crippen LogP contribution is -2.33.